The molecule has 10 heteroatoms. The molecular weight excluding hydrogens is 332 g/mol. The third-order valence-corrected chi connectivity index (χ3v) is 5.51. The molecule has 0 radical (unpaired) electrons. The molecule has 114 valence electrons. The average Bonchev–Trinajstić information content (AvgIpc) is 2.98. The first-order valence-electron chi connectivity index (χ1n) is 6.19. The van der Waals surface area contributed by atoms with Crippen LogP contribution in [0, 0.1) is 6.92 Å². The second kappa shape index (κ2) is 7.23. The van der Waals surface area contributed by atoms with Crippen LogP contribution in [-0.2, 0) is 9.59 Å². The number of aryl methyl sites for hydroxylation is 1. The Morgan fingerprint density at radius 3 is 2.81 bits per heavy atom. The van der Waals surface area contributed by atoms with E-state index in [4.69, 9.17) is 0 Å². The van der Waals surface area contributed by atoms with Crippen LogP contribution in [0.3, 0.4) is 0 Å². The minimum Gasteiger partial charge on any atom is -0.353 e. The van der Waals surface area contributed by atoms with Gasteiger partial charge in [0, 0.05) is 13.1 Å². The molecule has 1 aromatic heterocycles. The van der Waals surface area contributed by atoms with Gasteiger partial charge in [0.05, 0.1) is 11.0 Å². The van der Waals surface area contributed by atoms with Crippen molar-refractivity contribution in [1.29, 1.82) is 0 Å². The Morgan fingerprint density at radius 2 is 2.24 bits per heavy atom. The number of nitrogens with one attached hydrogen (secondary N) is 1. The van der Waals surface area contributed by atoms with E-state index >= 15 is 0 Å². The van der Waals surface area contributed by atoms with Gasteiger partial charge < -0.3 is 5.32 Å². The monoisotopic (exact) mass is 346 g/mol. The molecule has 1 aliphatic rings. The fraction of sp³-hybridized carbons (Fsp3) is 0.545. The summed E-state index contributed by atoms with van der Waals surface area (Å²) in [7, 11) is 0. The molecule has 21 heavy (non-hydrogen) atoms. The highest BCUT2D eigenvalue weighted by atomic mass is 32.2. The third kappa shape index (κ3) is 4.42. The molecule has 1 fully saturated rings. The minimum atomic E-state index is -0.309. The number of rotatable bonds is 6. The van der Waals surface area contributed by atoms with Crippen LogP contribution in [0.15, 0.2) is 4.34 Å². The van der Waals surface area contributed by atoms with Gasteiger partial charge >= 0.3 is 0 Å². The van der Waals surface area contributed by atoms with Crippen molar-refractivity contribution in [2.45, 2.75) is 23.4 Å². The highest BCUT2D eigenvalue weighted by Gasteiger charge is 2.29. The summed E-state index contributed by atoms with van der Waals surface area (Å²) in [6.07, 6.45) is 0. The lowest BCUT2D eigenvalue weighted by atomic mass is 10.4. The molecule has 1 saturated heterocycles. The summed E-state index contributed by atoms with van der Waals surface area (Å²) < 4.78 is 0.747. The molecule has 0 aliphatic carbocycles. The lowest BCUT2D eigenvalue weighted by molar-refractivity contribution is -0.125. The van der Waals surface area contributed by atoms with Crippen LogP contribution in [-0.4, -0.2) is 56.2 Å². The molecule has 1 aromatic rings. The van der Waals surface area contributed by atoms with Crippen LogP contribution in [0.2, 0.25) is 0 Å². The number of hydrogen-bond acceptors (Lipinski definition) is 8. The molecule has 7 nitrogen and oxygen atoms in total. The van der Waals surface area contributed by atoms with E-state index in [-0.39, 0.29) is 41.1 Å². The average molecular weight is 346 g/mol. The van der Waals surface area contributed by atoms with Crippen molar-refractivity contribution in [1.82, 2.24) is 20.4 Å². The Bertz CT molecular complexity index is 547. The SMILES string of the molecule is Cc1nnc(S[C@H](C)C(=O)NCCN2C(=O)CSC2=O)s1. The van der Waals surface area contributed by atoms with Crippen molar-refractivity contribution in [3.8, 4) is 0 Å². The third-order valence-electron chi connectivity index (χ3n) is 2.63. The largest absolute Gasteiger partial charge is 0.353 e. The Kier molecular flexibility index (Phi) is 5.59. The Morgan fingerprint density at radius 1 is 1.48 bits per heavy atom. The molecule has 1 atom stereocenters. The number of hydrogen-bond donors (Lipinski definition) is 1. The van der Waals surface area contributed by atoms with Gasteiger partial charge in [-0.1, -0.05) is 34.9 Å². The smallest absolute Gasteiger partial charge is 0.288 e. The van der Waals surface area contributed by atoms with Crippen molar-refractivity contribution in [2.75, 3.05) is 18.8 Å². The Hall–Kier alpha value is -1.13. The molecule has 2 heterocycles. The van der Waals surface area contributed by atoms with Gasteiger partial charge in [-0.2, -0.15) is 0 Å². The highest BCUT2D eigenvalue weighted by molar-refractivity contribution is 8.14. The van der Waals surface area contributed by atoms with Crippen LogP contribution in [0.5, 0.6) is 0 Å². The standard InChI is InChI=1S/C11H14N4O3S3/c1-6(20-10-14-13-7(2)21-10)9(17)12-3-4-15-8(16)5-19-11(15)18/h6H,3-5H2,1-2H3,(H,12,17)/t6-/m1/s1. The van der Waals surface area contributed by atoms with Gasteiger partial charge in [-0.15, -0.1) is 10.2 Å². The second-order valence-corrected chi connectivity index (χ2v) is 7.93. The molecule has 1 N–H and O–H groups in total. The first-order chi connectivity index (χ1) is 9.97. The number of nitrogens with zero attached hydrogens (tertiary/aromatic N) is 3. The van der Waals surface area contributed by atoms with Gasteiger partial charge in [-0.05, 0) is 13.8 Å². The maximum atomic E-state index is 11.9. The summed E-state index contributed by atoms with van der Waals surface area (Å²) in [6, 6.07) is 0. The lowest BCUT2D eigenvalue weighted by Crippen LogP contribution is -2.39. The van der Waals surface area contributed by atoms with Crippen LogP contribution < -0.4 is 5.32 Å². The molecule has 0 unspecified atom stereocenters. The molecule has 0 saturated carbocycles. The molecule has 2 rings (SSSR count). The summed E-state index contributed by atoms with van der Waals surface area (Å²) >= 11 is 3.77. The van der Waals surface area contributed by atoms with Crippen LogP contribution in [0.25, 0.3) is 0 Å². The fourth-order valence-corrected chi connectivity index (χ4v) is 4.30. The summed E-state index contributed by atoms with van der Waals surface area (Å²) in [6.45, 7) is 4.11. The Balaban J connectivity index is 1.74. The van der Waals surface area contributed by atoms with E-state index in [1.54, 1.807) is 6.92 Å². The number of carbonyl (C=O) groups is 3. The second-order valence-electron chi connectivity index (χ2n) is 4.24. The predicted octanol–water partition coefficient (Wildman–Crippen LogP) is 1.14. The van der Waals surface area contributed by atoms with E-state index < -0.39 is 0 Å². The maximum Gasteiger partial charge on any atom is 0.288 e. The van der Waals surface area contributed by atoms with Gasteiger partial charge in [-0.3, -0.25) is 19.3 Å². The number of imide groups is 1. The van der Waals surface area contributed by atoms with E-state index in [0.29, 0.717) is 0 Å². The van der Waals surface area contributed by atoms with Gasteiger partial charge in [0.1, 0.15) is 5.01 Å². The van der Waals surface area contributed by atoms with Gasteiger partial charge in [0.2, 0.25) is 11.8 Å². The summed E-state index contributed by atoms with van der Waals surface area (Å²) in [5.41, 5.74) is 0. The summed E-state index contributed by atoms with van der Waals surface area (Å²) in [4.78, 5) is 35.9. The number of carbonyl (C=O) groups excluding carboxylic acids is 3. The van der Waals surface area contributed by atoms with Crippen molar-refractivity contribution >= 4 is 51.9 Å². The van der Waals surface area contributed by atoms with E-state index in [1.165, 1.54) is 23.1 Å². The number of thioether (sulfide) groups is 2. The van der Waals surface area contributed by atoms with Crippen molar-refractivity contribution in [3.63, 3.8) is 0 Å². The van der Waals surface area contributed by atoms with Crippen LogP contribution in [0.4, 0.5) is 4.79 Å². The molecule has 3 amide bonds. The first-order valence-corrected chi connectivity index (χ1v) is 8.87. The lowest BCUT2D eigenvalue weighted by Gasteiger charge is -2.14. The summed E-state index contributed by atoms with van der Waals surface area (Å²) in [5, 5.41) is 10.9. The van der Waals surface area contributed by atoms with Crippen molar-refractivity contribution in [2.24, 2.45) is 0 Å². The van der Waals surface area contributed by atoms with Crippen molar-refractivity contribution in [3.05, 3.63) is 5.01 Å². The molecule has 1 aliphatic heterocycles. The molecule has 0 aromatic carbocycles. The number of aromatic nitrogens is 2. The molecule has 0 spiro atoms. The Labute approximate surface area is 134 Å². The van der Waals surface area contributed by atoms with Gasteiger partial charge in [-0.25, -0.2) is 0 Å². The quantitative estimate of drug-likeness (QED) is 0.772. The minimum absolute atomic E-state index is 0.153. The summed E-state index contributed by atoms with van der Waals surface area (Å²) in [5.74, 6) is -0.166. The topological polar surface area (TPSA) is 92.3 Å². The number of amides is 3. The molecule has 0 bridgehead atoms. The maximum absolute atomic E-state index is 11.9. The fourth-order valence-electron chi connectivity index (χ4n) is 1.56. The highest BCUT2D eigenvalue weighted by Crippen LogP contribution is 2.26. The van der Waals surface area contributed by atoms with E-state index in [0.717, 1.165) is 26.0 Å². The van der Waals surface area contributed by atoms with E-state index in [9.17, 15) is 14.4 Å². The van der Waals surface area contributed by atoms with Gasteiger partial charge in [0.25, 0.3) is 5.24 Å². The zero-order valence-electron chi connectivity index (χ0n) is 11.5. The normalized spacial score (nSPS) is 16.4. The van der Waals surface area contributed by atoms with E-state index in [1.807, 2.05) is 6.92 Å². The van der Waals surface area contributed by atoms with E-state index in [2.05, 4.69) is 15.5 Å². The van der Waals surface area contributed by atoms with Crippen molar-refractivity contribution < 1.29 is 14.4 Å². The predicted molar refractivity (Wildman–Crippen MR) is 82.5 cm³/mol. The first kappa shape index (κ1) is 16.2. The van der Waals surface area contributed by atoms with Crippen LogP contribution >= 0.6 is 34.9 Å². The molecular formula is C11H14N4O3S3. The van der Waals surface area contributed by atoms with Crippen LogP contribution in [0.1, 0.15) is 11.9 Å². The zero-order valence-corrected chi connectivity index (χ0v) is 13.9. The van der Waals surface area contributed by atoms with Gasteiger partial charge in [0.15, 0.2) is 4.34 Å². The zero-order chi connectivity index (χ0) is 15.4.